The summed E-state index contributed by atoms with van der Waals surface area (Å²) in [5.74, 6) is -1.09. The molecule has 0 spiro atoms. The first-order valence-corrected chi connectivity index (χ1v) is 10.3. The van der Waals surface area contributed by atoms with E-state index in [1.807, 2.05) is 0 Å². The molecule has 17 heteroatoms. The molecule has 0 aliphatic carbocycles. The number of nitro benzene ring substituents is 3. The van der Waals surface area contributed by atoms with Crippen LogP contribution in [0.4, 0.5) is 30.2 Å². The fourth-order valence-electron chi connectivity index (χ4n) is 2.55. The fourth-order valence-corrected chi connectivity index (χ4v) is 2.55. The molecule has 3 rings (SSSR count). The standard InChI is InChI=1S/C8H9NO4.C7H4F3NO3.C7H7NO4/c1-2-13-7-5-3-4-6(8(7)10)9(11)12;8-7(9,10)4-1-2-6(12)5(3-4)11(13)14;1-12-5-2-3-7(9)6(4-5)8(10)11/h3-5,10H,2H2,1H3;1-3,12H;2-4,9H,1H3. The first-order valence-electron chi connectivity index (χ1n) is 10.3. The summed E-state index contributed by atoms with van der Waals surface area (Å²) >= 11 is 0. The van der Waals surface area contributed by atoms with Crippen molar-refractivity contribution in [2.45, 2.75) is 13.1 Å². The molecule has 0 saturated heterocycles. The number of rotatable bonds is 6. The highest BCUT2D eigenvalue weighted by atomic mass is 19.4. The lowest BCUT2D eigenvalue weighted by Crippen LogP contribution is -2.05. The number of hydrogen-bond acceptors (Lipinski definition) is 11. The summed E-state index contributed by atoms with van der Waals surface area (Å²) in [7, 11) is 1.40. The van der Waals surface area contributed by atoms with Crippen LogP contribution in [0.2, 0.25) is 0 Å². The molecule has 0 aromatic heterocycles. The van der Waals surface area contributed by atoms with Crippen molar-refractivity contribution in [2.75, 3.05) is 13.7 Å². The van der Waals surface area contributed by atoms with Gasteiger partial charge < -0.3 is 24.8 Å². The Kier molecular flexibility index (Phi) is 11.2. The second-order valence-corrected chi connectivity index (χ2v) is 6.88. The number of methoxy groups -OCH3 is 1. The average molecular weight is 559 g/mol. The second-order valence-electron chi connectivity index (χ2n) is 6.88. The van der Waals surface area contributed by atoms with Crippen LogP contribution in [0, 0.1) is 30.3 Å². The molecule has 0 saturated carbocycles. The van der Waals surface area contributed by atoms with E-state index in [2.05, 4.69) is 0 Å². The summed E-state index contributed by atoms with van der Waals surface area (Å²) in [4.78, 5) is 28.4. The monoisotopic (exact) mass is 559 g/mol. The van der Waals surface area contributed by atoms with Crippen LogP contribution in [-0.2, 0) is 6.18 Å². The Bertz CT molecular complexity index is 1330. The first kappa shape index (κ1) is 31.7. The van der Waals surface area contributed by atoms with Crippen molar-refractivity contribution >= 4 is 17.1 Å². The van der Waals surface area contributed by atoms with Gasteiger partial charge in [0.2, 0.25) is 5.75 Å². The van der Waals surface area contributed by atoms with E-state index in [1.165, 1.54) is 37.4 Å². The predicted octanol–water partition coefficient (Wildman–Crippen LogP) is 5.33. The first-order chi connectivity index (χ1) is 18.1. The van der Waals surface area contributed by atoms with Crippen LogP contribution >= 0.6 is 0 Å². The minimum Gasteiger partial charge on any atom is -0.502 e. The van der Waals surface area contributed by atoms with Crippen molar-refractivity contribution in [1.29, 1.82) is 0 Å². The summed E-state index contributed by atoms with van der Waals surface area (Å²) in [6.45, 7) is 2.09. The van der Waals surface area contributed by atoms with Gasteiger partial charge in [-0.05, 0) is 37.3 Å². The number of phenols is 3. The Hall–Kier alpha value is -5.35. The Morgan fingerprint density at radius 3 is 1.77 bits per heavy atom. The van der Waals surface area contributed by atoms with Crippen LogP contribution < -0.4 is 9.47 Å². The largest absolute Gasteiger partial charge is 0.502 e. The lowest BCUT2D eigenvalue weighted by Gasteiger charge is -2.05. The van der Waals surface area contributed by atoms with Crippen LogP contribution in [0.15, 0.2) is 54.6 Å². The molecule has 3 aromatic rings. The Labute approximate surface area is 216 Å². The number of para-hydroxylation sites is 1. The molecule has 0 heterocycles. The number of halogens is 3. The molecule has 0 amide bonds. The van der Waals surface area contributed by atoms with Crippen LogP contribution in [0.1, 0.15) is 12.5 Å². The third kappa shape index (κ3) is 9.23. The molecule has 0 aliphatic heterocycles. The summed E-state index contributed by atoms with van der Waals surface area (Å²) < 4.78 is 45.9. The maximum Gasteiger partial charge on any atom is 0.416 e. The maximum atomic E-state index is 12.1. The van der Waals surface area contributed by atoms with E-state index in [-0.39, 0.29) is 28.9 Å². The molecule has 14 nitrogen and oxygen atoms in total. The Morgan fingerprint density at radius 2 is 1.31 bits per heavy atom. The molecule has 0 bridgehead atoms. The van der Waals surface area contributed by atoms with Crippen LogP contribution in [0.3, 0.4) is 0 Å². The zero-order valence-electron chi connectivity index (χ0n) is 20.0. The zero-order chi connectivity index (χ0) is 29.9. The van der Waals surface area contributed by atoms with Crippen molar-refractivity contribution in [3.63, 3.8) is 0 Å². The number of alkyl halides is 3. The number of hydrogen-bond donors (Lipinski definition) is 3. The van der Waals surface area contributed by atoms with Gasteiger partial charge in [0, 0.05) is 12.1 Å². The van der Waals surface area contributed by atoms with E-state index < -0.39 is 43.7 Å². The van der Waals surface area contributed by atoms with Crippen molar-refractivity contribution in [3.8, 4) is 28.7 Å². The lowest BCUT2D eigenvalue weighted by molar-refractivity contribution is -0.386. The van der Waals surface area contributed by atoms with Gasteiger partial charge in [0.1, 0.15) is 5.75 Å². The fraction of sp³-hybridized carbons (Fsp3) is 0.182. The number of aromatic hydroxyl groups is 3. The highest BCUT2D eigenvalue weighted by molar-refractivity contribution is 5.54. The van der Waals surface area contributed by atoms with Gasteiger partial charge in [-0.25, -0.2) is 0 Å². The maximum absolute atomic E-state index is 12.1. The molecule has 0 aliphatic rings. The van der Waals surface area contributed by atoms with Gasteiger partial charge in [0.15, 0.2) is 17.2 Å². The number of benzene rings is 3. The van der Waals surface area contributed by atoms with E-state index in [9.17, 15) is 48.6 Å². The molecule has 3 N–H and O–H groups in total. The predicted molar refractivity (Wildman–Crippen MR) is 127 cm³/mol. The van der Waals surface area contributed by atoms with Crippen molar-refractivity contribution in [1.82, 2.24) is 0 Å². The van der Waals surface area contributed by atoms with E-state index in [4.69, 9.17) is 19.7 Å². The van der Waals surface area contributed by atoms with Crippen LogP contribution in [-0.4, -0.2) is 43.8 Å². The minimum absolute atomic E-state index is 0.136. The normalized spacial score (nSPS) is 10.2. The van der Waals surface area contributed by atoms with Gasteiger partial charge in [-0.1, -0.05) is 6.07 Å². The van der Waals surface area contributed by atoms with Gasteiger partial charge in [-0.15, -0.1) is 0 Å². The van der Waals surface area contributed by atoms with E-state index in [0.717, 1.165) is 6.07 Å². The smallest absolute Gasteiger partial charge is 0.416 e. The third-order valence-electron chi connectivity index (χ3n) is 4.35. The highest BCUT2D eigenvalue weighted by Gasteiger charge is 2.33. The number of nitrogens with zero attached hydrogens (tertiary/aromatic N) is 3. The average Bonchev–Trinajstić information content (AvgIpc) is 2.85. The van der Waals surface area contributed by atoms with Crippen molar-refractivity contribution in [3.05, 3.63) is 90.5 Å². The molecule has 210 valence electrons. The quantitative estimate of drug-likeness (QED) is 0.260. The topological polar surface area (TPSA) is 209 Å². The van der Waals surface area contributed by atoms with E-state index >= 15 is 0 Å². The van der Waals surface area contributed by atoms with Crippen LogP contribution in [0.25, 0.3) is 0 Å². The minimum atomic E-state index is -4.65. The molecule has 3 aromatic carbocycles. The lowest BCUT2D eigenvalue weighted by atomic mass is 10.2. The Morgan fingerprint density at radius 1 is 0.795 bits per heavy atom. The molecule has 0 atom stereocenters. The van der Waals surface area contributed by atoms with Gasteiger partial charge >= 0.3 is 23.2 Å². The summed E-state index contributed by atoms with van der Waals surface area (Å²) in [6.07, 6.45) is -4.65. The number of phenolic OH excluding ortho intramolecular Hbond substituents is 3. The molecule has 0 unspecified atom stereocenters. The van der Waals surface area contributed by atoms with E-state index in [0.29, 0.717) is 24.5 Å². The second kappa shape index (κ2) is 13.8. The molecular weight excluding hydrogens is 539 g/mol. The van der Waals surface area contributed by atoms with Gasteiger partial charge in [0.25, 0.3) is 0 Å². The summed E-state index contributed by atoms with van der Waals surface area (Å²) in [5, 5.41) is 58.0. The highest BCUT2D eigenvalue weighted by Crippen LogP contribution is 2.36. The summed E-state index contributed by atoms with van der Waals surface area (Å²) in [6, 6.07) is 9.49. The molecule has 0 radical (unpaired) electrons. The zero-order valence-corrected chi connectivity index (χ0v) is 20.0. The molecular formula is C22H20F3N3O11. The van der Waals surface area contributed by atoms with Gasteiger partial charge in [0.05, 0.1) is 40.1 Å². The summed E-state index contributed by atoms with van der Waals surface area (Å²) in [5.41, 5.74) is -2.82. The number of nitro groups is 3. The Balaban J connectivity index is 0.000000293. The molecule has 0 fully saturated rings. The van der Waals surface area contributed by atoms with E-state index in [1.54, 1.807) is 6.92 Å². The van der Waals surface area contributed by atoms with Gasteiger partial charge in [-0.2, -0.15) is 13.2 Å². The SMILES string of the molecule is CCOc1cccc([N+](=O)[O-])c1O.COc1ccc(O)c([N+](=O)[O-])c1.O=[N+]([O-])c1cc(C(F)(F)F)ccc1O. The number of ether oxygens (including phenoxy) is 2. The van der Waals surface area contributed by atoms with Crippen molar-refractivity contribution < 1.29 is 52.7 Å². The van der Waals surface area contributed by atoms with Gasteiger partial charge in [-0.3, -0.25) is 30.3 Å². The molecule has 39 heavy (non-hydrogen) atoms. The third-order valence-corrected chi connectivity index (χ3v) is 4.35. The van der Waals surface area contributed by atoms with Crippen molar-refractivity contribution in [2.24, 2.45) is 0 Å². The van der Waals surface area contributed by atoms with Crippen LogP contribution in [0.5, 0.6) is 28.7 Å².